The zero-order chi connectivity index (χ0) is 15.9. The van der Waals surface area contributed by atoms with Gasteiger partial charge >= 0.3 is 0 Å². The molecule has 0 aliphatic carbocycles. The molecular formula is C20H23N3. The summed E-state index contributed by atoms with van der Waals surface area (Å²) in [7, 11) is 0. The number of pyridine rings is 1. The van der Waals surface area contributed by atoms with Crippen LogP contribution in [-0.2, 0) is 13.0 Å². The van der Waals surface area contributed by atoms with E-state index >= 15 is 0 Å². The molecule has 0 saturated carbocycles. The van der Waals surface area contributed by atoms with Crippen molar-refractivity contribution in [2.24, 2.45) is 5.73 Å². The van der Waals surface area contributed by atoms with Gasteiger partial charge in [-0.15, -0.1) is 0 Å². The Kier molecular flexibility index (Phi) is 5.35. The molecule has 3 aromatic rings. The third-order valence-electron chi connectivity index (χ3n) is 4.05. The predicted molar refractivity (Wildman–Crippen MR) is 96.2 cm³/mol. The summed E-state index contributed by atoms with van der Waals surface area (Å²) < 4.78 is 0. The molecule has 0 aliphatic heterocycles. The Balaban J connectivity index is 1.67. The number of para-hydroxylation sites is 1. The average molecular weight is 305 g/mol. The number of aromatic nitrogens is 1. The minimum atomic E-state index is 0.669. The number of benzene rings is 2. The van der Waals surface area contributed by atoms with Crippen molar-refractivity contribution < 1.29 is 0 Å². The first-order valence-electron chi connectivity index (χ1n) is 8.16. The minimum Gasteiger partial charge on any atom is -0.329 e. The summed E-state index contributed by atoms with van der Waals surface area (Å²) in [4.78, 5) is 7.15. The van der Waals surface area contributed by atoms with Crippen LogP contribution in [0.15, 0.2) is 66.7 Å². The van der Waals surface area contributed by atoms with Crippen LogP contribution in [0, 0.1) is 0 Å². The van der Waals surface area contributed by atoms with Crippen LogP contribution in [0.2, 0.25) is 0 Å². The molecule has 0 amide bonds. The first-order chi connectivity index (χ1) is 11.3. The number of hydrogen-bond donors (Lipinski definition) is 1. The lowest BCUT2D eigenvalue weighted by atomic mass is 10.1. The van der Waals surface area contributed by atoms with Crippen molar-refractivity contribution >= 4 is 10.9 Å². The maximum atomic E-state index is 5.78. The van der Waals surface area contributed by atoms with Crippen LogP contribution in [-0.4, -0.2) is 29.5 Å². The summed E-state index contributed by atoms with van der Waals surface area (Å²) in [5, 5.41) is 1.19. The van der Waals surface area contributed by atoms with E-state index in [0.717, 1.165) is 37.3 Å². The van der Waals surface area contributed by atoms with Crippen LogP contribution in [0.25, 0.3) is 10.9 Å². The van der Waals surface area contributed by atoms with Gasteiger partial charge < -0.3 is 5.73 Å². The van der Waals surface area contributed by atoms with Crippen LogP contribution in [0.1, 0.15) is 11.3 Å². The van der Waals surface area contributed by atoms with E-state index in [1.165, 1.54) is 10.9 Å². The molecular weight excluding hydrogens is 282 g/mol. The van der Waals surface area contributed by atoms with E-state index in [-0.39, 0.29) is 0 Å². The zero-order valence-electron chi connectivity index (χ0n) is 13.4. The molecule has 2 N–H and O–H groups in total. The van der Waals surface area contributed by atoms with Gasteiger partial charge in [0.05, 0.1) is 11.2 Å². The topological polar surface area (TPSA) is 42.1 Å². The summed E-state index contributed by atoms with van der Waals surface area (Å²) in [5.41, 5.74) is 9.30. The molecule has 0 fully saturated rings. The van der Waals surface area contributed by atoms with E-state index in [1.807, 2.05) is 12.1 Å². The van der Waals surface area contributed by atoms with Gasteiger partial charge in [0.25, 0.3) is 0 Å². The van der Waals surface area contributed by atoms with E-state index in [9.17, 15) is 0 Å². The van der Waals surface area contributed by atoms with E-state index in [4.69, 9.17) is 10.7 Å². The highest BCUT2D eigenvalue weighted by atomic mass is 15.1. The van der Waals surface area contributed by atoms with Gasteiger partial charge in [0.15, 0.2) is 0 Å². The maximum absolute atomic E-state index is 5.78. The minimum absolute atomic E-state index is 0.669. The highest BCUT2D eigenvalue weighted by Gasteiger charge is 2.07. The Hall–Kier alpha value is -2.23. The molecule has 23 heavy (non-hydrogen) atoms. The van der Waals surface area contributed by atoms with Crippen LogP contribution in [0.5, 0.6) is 0 Å². The number of hydrogen-bond acceptors (Lipinski definition) is 3. The Labute approximate surface area is 137 Å². The first kappa shape index (κ1) is 15.7. The summed E-state index contributed by atoms with van der Waals surface area (Å²) >= 11 is 0. The van der Waals surface area contributed by atoms with Crippen molar-refractivity contribution in [2.45, 2.75) is 13.0 Å². The van der Waals surface area contributed by atoms with Gasteiger partial charge in [0.1, 0.15) is 0 Å². The number of nitrogens with two attached hydrogens (primary N) is 1. The van der Waals surface area contributed by atoms with Gasteiger partial charge in [-0.2, -0.15) is 0 Å². The summed E-state index contributed by atoms with van der Waals surface area (Å²) in [6, 6.07) is 23.1. The monoisotopic (exact) mass is 305 g/mol. The third kappa shape index (κ3) is 4.38. The SMILES string of the molecule is NCCN(CCc1ccccc1)Cc1ccc2ccccc2n1. The standard InChI is InChI=1S/C20H23N3/c21-13-15-23(14-12-17-6-2-1-3-7-17)16-19-11-10-18-8-4-5-9-20(18)22-19/h1-11H,12-16,21H2. The van der Waals surface area contributed by atoms with Gasteiger partial charge in [0, 0.05) is 31.6 Å². The van der Waals surface area contributed by atoms with Crippen LogP contribution < -0.4 is 5.73 Å². The first-order valence-corrected chi connectivity index (χ1v) is 8.16. The molecule has 2 aromatic carbocycles. The quantitative estimate of drug-likeness (QED) is 0.728. The van der Waals surface area contributed by atoms with Gasteiger partial charge in [0.2, 0.25) is 0 Å². The molecule has 0 unspecified atom stereocenters. The maximum Gasteiger partial charge on any atom is 0.0705 e. The smallest absolute Gasteiger partial charge is 0.0705 e. The van der Waals surface area contributed by atoms with Crippen molar-refractivity contribution in [3.63, 3.8) is 0 Å². The Morgan fingerprint density at radius 3 is 2.43 bits per heavy atom. The molecule has 3 nitrogen and oxygen atoms in total. The number of nitrogens with zero attached hydrogens (tertiary/aromatic N) is 2. The molecule has 0 radical (unpaired) electrons. The van der Waals surface area contributed by atoms with E-state index in [1.54, 1.807) is 0 Å². The lowest BCUT2D eigenvalue weighted by Gasteiger charge is -2.21. The lowest BCUT2D eigenvalue weighted by Crippen LogP contribution is -2.31. The molecule has 0 saturated heterocycles. The van der Waals surface area contributed by atoms with E-state index in [2.05, 4.69) is 59.5 Å². The molecule has 0 atom stereocenters. The highest BCUT2D eigenvalue weighted by molar-refractivity contribution is 5.78. The average Bonchev–Trinajstić information content (AvgIpc) is 2.61. The van der Waals surface area contributed by atoms with Crippen LogP contribution in [0.3, 0.4) is 0 Å². The van der Waals surface area contributed by atoms with Crippen molar-refractivity contribution in [2.75, 3.05) is 19.6 Å². The fourth-order valence-electron chi connectivity index (χ4n) is 2.81. The van der Waals surface area contributed by atoms with Gasteiger partial charge in [-0.05, 0) is 24.1 Å². The summed E-state index contributed by atoms with van der Waals surface area (Å²) in [5.74, 6) is 0. The fraction of sp³-hybridized carbons (Fsp3) is 0.250. The summed E-state index contributed by atoms with van der Waals surface area (Å²) in [6.07, 6.45) is 1.04. The molecule has 3 rings (SSSR count). The third-order valence-corrected chi connectivity index (χ3v) is 4.05. The van der Waals surface area contributed by atoms with Crippen molar-refractivity contribution in [1.82, 2.24) is 9.88 Å². The fourth-order valence-corrected chi connectivity index (χ4v) is 2.81. The van der Waals surface area contributed by atoms with Crippen molar-refractivity contribution in [1.29, 1.82) is 0 Å². The molecule has 0 bridgehead atoms. The highest BCUT2D eigenvalue weighted by Crippen LogP contribution is 2.13. The van der Waals surface area contributed by atoms with Crippen LogP contribution in [0.4, 0.5) is 0 Å². The second kappa shape index (κ2) is 7.86. The van der Waals surface area contributed by atoms with Gasteiger partial charge in [-0.25, -0.2) is 0 Å². The molecule has 1 heterocycles. The molecule has 1 aromatic heterocycles. The second-order valence-electron chi connectivity index (χ2n) is 5.80. The Morgan fingerprint density at radius 1 is 0.826 bits per heavy atom. The molecule has 0 spiro atoms. The van der Waals surface area contributed by atoms with Gasteiger partial charge in [-0.1, -0.05) is 54.6 Å². The molecule has 0 aliphatic rings. The van der Waals surface area contributed by atoms with Crippen LogP contribution >= 0.6 is 0 Å². The van der Waals surface area contributed by atoms with Gasteiger partial charge in [-0.3, -0.25) is 9.88 Å². The Morgan fingerprint density at radius 2 is 1.61 bits per heavy atom. The van der Waals surface area contributed by atoms with E-state index < -0.39 is 0 Å². The van der Waals surface area contributed by atoms with Crippen molar-refractivity contribution in [3.05, 3.63) is 78.0 Å². The second-order valence-corrected chi connectivity index (χ2v) is 5.80. The lowest BCUT2D eigenvalue weighted by molar-refractivity contribution is 0.273. The van der Waals surface area contributed by atoms with E-state index in [0.29, 0.717) is 6.54 Å². The normalized spacial score (nSPS) is 11.2. The Bertz CT molecular complexity index is 740. The number of rotatable bonds is 7. The molecule has 118 valence electrons. The van der Waals surface area contributed by atoms with Crippen molar-refractivity contribution in [3.8, 4) is 0 Å². The zero-order valence-corrected chi connectivity index (χ0v) is 13.4. The number of fused-ring (bicyclic) bond motifs is 1. The molecule has 3 heteroatoms. The summed E-state index contributed by atoms with van der Waals surface area (Å²) in [6.45, 7) is 3.40. The predicted octanol–water partition coefficient (Wildman–Crippen LogP) is 3.24. The largest absolute Gasteiger partial charge is 0.329 e.